The second-order valence-electron chi connectivity index (χ2n) is 7.30. The summed E-state index contributed by atoms with van der Waals surface area (Å²) in [4.78, 5) is 33.1. The zero-order valence-electron chi connectivity index (χ0n) is 16.6. The Hall–Kier alpha value is -2.69. The van der Waals surface area contributed by atoms with Crippen molar-refractivity contribution < 1.29 is 9.59 Å². The molecule has 0 bridgehead atoms. The van der Waals surface area contributed by atoms with E-state index in [0.717, 1.165) is 5.56 Å². The summed E-state index contributed by atoms with van der Waals surface area (Å²) >= 11 is 0. The third-order valence-corrected chi connectivity index (χ3v) is 5.65. The summed E-state index contributed by atoms with van der Waals surface area (Å²) < 4.78 is 0. The van der Waals surface area contributed by atoms with Crippen LogP contribution in [-0.2, 0) is 11.2 Å². The number of aryl methyl sites for hydroxylation is 2. The van der Waals surface area contributed by atoms with Crippen molar-refractivity contribution in [2.75, 3.05) is 26.2 Å². The number of carbonyl (C=O) groups is 2. The number of hydrogen-bond donors (Lipinski definition) is 0. The van der Waals surface area contributed by atoms with Gasteiger partial charge in [0.15, 0.2) is 0 Å². The molecule has 1 aliphatic rings. The van der Waals surface area contributed by atoms with Crippen LogP contribution in [0.5, 0.6) is 0 Å². The molecule has 3 rings (SSSR count). The molecule has 0 aliphatic carbocycles. The minimum absolute atomic E-state index is 0.0660. The fourth-order valence-electron chi connectivity index (χ4n) is 3.64. The Bertz CT molecular complexity index is 827. The zero-order chi connectivity index (χ0) is 19.6. The van der Waals surface area contributed by atoms with Crippen LogP contribution >= 0.6 is 0 Å². The number of rotatable bonds is 3. The predicted molar refractivity (Wildman–Crippen MR) is 106 cm³/mol. The van der Waals surface area contributed by atoms with Crippen molar-refractivity contribution in [2.24, 2.45) is 0 Å². The molecule has 0 atom stereocenters. The average Bonchev–Trinajstić information content (AvgIpc) is 2.70. The monoisotopic (exact) mass is 365 g/mol. The number of hydrogen-bond acceptors (Lipinski definition) is 3. The van der Waals surface area contributed by atoms with Gasteiger partial charge in [-0.1, -0.05) is 12.1 Å². The number of pyridine rings is 1. The van der Waals surface area contributed by atoms with E-state index >= 15 is 0 Å². The van der Waals surface area contributed by atoms with Crippen molar-refractivity contribution in [3.63, 3.8) is 0 Å². The van der Waals surface area contributed by atoms with E-state index in [0.29, 0.717) is 38.3 Å². The van der Waals surface area contributed by atoms with Crippen LogP contribution < -0.4 is 0 Å². The maximum atomic E-state index is 12.9. The highest BCUT2D eigenvalue weighted by molar-refractivity contribution is 5.92. The Balaban J connectivity index is 1.64. The van der Waals surface area contributed by atoms with Gasteiger partial charge in [0.2, 0.25) is 5.91 Å². The molecular weight excluding hydrogens is 338 g/mol. The van der Waals surface area contributed by atoms with Gasteiger partial charge in [-0.3, -0.25) is 14.6 Å². The van der Waals surface area contributed by atoms with Gasteiger partial charge < -0.3 is 9.80 Å². The first-order valence-corrected chi connectivity index (χ1v) is 9.43. The van der Waals surface area contributed by atoms with Crippen LogP contribution in [0, 0.1) is 27.7 Å². The van der Waals surface area contributed by atoms with E-state index in [1.54, 1.807) is 23.2 Å². The Morgan fingerprint density at radius 3 is 2.07 bits per heavy atom. The fourth-order valence-corrected chi connectivity index (χ4v) is 3.64. The lowest BCUT2D eigenvalue weighted by Gasteiger charge is -2.35. The summed E-state index contributed by atoms with van der Waals surface area (Å²) in [5.41, 5.74) is 6.47. The molecule has 1 saturated heterocycles. The molecule has 27 heavy (non-hydrogen) atoms. The molecule has 1 fully saturated rings. The second-order valence-corrected chi connectivity index (χ2v) is 7.30. The van der Waals surface area contributed by atoms with Crippen molar-refractivity contribution in [1.82, 2.24) is 14.8 Å². The number of aromatic nitrogens is 1. The summed E-state index contributed by atoms with van der Waals surface area (Å²) in [5.74, 6) is 0.0693. The van der Waals surface area contributed by atoms with Gasteiger partial charge in [-0.15, -0.1) is 0 Å². The van der Waals surface area contributed by atoms with Crippen molar-refractivity contribution in [3.8, 4) is 0 Å². The molecule has 2 aromatic rings. The molecule has 2 amide bonds. The van der Waals surface area contributed by atoms with Gasteiger partial charge in [0.05, 0.1) is 6.42 Å². The molecule has 142 valence electrons. The van der Waals surface area contributed by atoms with Gasteiger partial charge in [-0.05, 0) is 67.6 Å². The highest BCUT2D eigenvalue weighted by Crippen LogP contribution is 2.23. The van der Waals surface area contributed by atoms with Crippen molar-refractivity contribution in [2.45, 2.75) is 34.1 Å². The number of piperazine rings is 1. The van der Waals surface area contributed by atoms with Crippen LogP contribution in [0.1, 0.15) is 38.3 Å². The molecule has 0 N–H and O–H groups in total. The van der Waals surface area contributed by atoms with E-state index in [1.165, 1.54) is 22.3 Å². The number of nitrogens with zero attached hydrogens (tertiary/aromatic N) is 3. The standard InChI is InChI=1S/C22H27N3O2/c1-15-13-16(2)18(4)19(17(15)3)14-21(26)24-9-11-25(12-10-24)22(27)20-7-5-6-8-23-20/h5-8,13H,9-12,14H2,1-4H3. The van der Waals surface area contributed by atoms with Crippen molar-refractivity contribution in [1.29, 1.82) is 0 Å². The van der Waals surface area contributed by atoms with Crippen LogP contribution in [0.4, 0.5) is 0 Å². The second kappa shape index (κ2) is 7.91. The summed E-state index contributed by atoms with van der Waals surface area (Å²) in [6, 6.07) is 7.52. The molecule has 0 radical (unpaired) electrons. The molecule has 1 aromatic carbocycles. The third kappa shape index (κ3) is 4.02. The van der Waals surface area contributed by atoms with Gasteiger partial charge in [0.1, 0.15) is 5.69 Å². The van der Waals surface area contributed by atoms with E-state index in [2.05, 4.69) is 38.7 Å². The van der Waals surface area contributed by atoms with Crippen LogP contribution in [0.3, 0.4) is 0 Å². The Morgan fingerprint density at radius 1 is 0.926 bits per heavy atom. The highest BCUT2D eigenvalue weighted by Gasteiger charge is 2.26. The van der Waals surface area contributed by atoms with E-state index < -0.39 is 0 Å². The first kappa shape index (κ1) is 19.1. The highest BCUT2D eigenvalue weighted by atomic mass is 16.2. The number of benzene rings is 1. The van der Waals surface area contributed by atoms with Gasteiger partial charge in [0, 0.05) is 32.4 Å². The Labute approximate surface area is 161 Å². The predicted octanol–water partition coefficient (Wildman–Crippen LogP) is 2.84. The summed E-state index contributed by atoms with van der Waals surface area (Å²) in [6.45, 7) is 10.6. The maximum absolute atomic E-state index is 12.9. The van der Waals surface area contributed by atoms with Crippen LogP contribution in [0.25, 0.3) is 0 Å². The quantitative estimate of drug-likeness (QED) is 0.840. The lowest BCUT2D eigenvalue weighted by Crippen LogP contribution is -2.51. The van der Waals surface area contributed by atoms with Crippen LogP contribution in [0.2, 0.25) is 0 Å². The molecule has 5 heteroatoms. The average molecular weight is 365 g/mol. The molecule has 2 heterocycles. The first-order valence-electron chi connectivity index (χ1n) is 9.43. The minimum Gasteiger partial charge on any atom is -0.339 e. The summed E-state index contributed by atoms with van der Waals surface area (Å²) in [7, 11) is 0. The van der Waals surface area contributed by atoms with E-state index in [-0.39, 0.29) is 11.8 Å². The molecule has 1 aromatic heterocycles. The summed E-state index contributed by atoms with van der Waals surface area (Å²) in [5, 5.41) is 0. The van der Waals surface area contributed by atoms with Gasteiger partial charge in [0.25, 0.3) is 5.91 Å². The Kier molecular flexibility index (Phi) is 5.59. The molecule has 5 nitrogen and oxygen atoms in total. The topological polar surface area (TPSA) is 53.5 Å². The van der Waals surface area contributed by atoms with Gasteiger partial charge >= 0.3 is 0 Å². The largest absolute Gasteiger partial charge is 0.339 e. The van der Waals surface area contributed by atoms with Crippen molar-refractivity contribution in [3.05, 3.63) is 64.0 Å². The SMILES string of the molecule is Cc1cc(C)c(C)c(CC(=O)N2CCN(C(=O)c3ccccn3)CC2)c1C. The molecule has 0 spiro atoms. The van der Waals surface area contributed by atoms with Gasteiger partial charge in [-0.2, -0.15) is 0 Å². The summed E-state index contributed by atoms with van der Waals surface area (Å²) in [6.07, 6.45) is 2.05. The lowest BCUT2D eigenvalue weighted by molar-refractivity contribution is -0.131. The molecular formula is C22H27N3O2. The van der Waals surface area contributed by atoms with Crippen LogP contribution in [0.15, 0.2) is 30.5 Å². The lowest BCUT2D eigenvalue weighted by atomic mass is 9.92. The third-order valence-electron chi connectivity index (χ3n) is 5.65. The first-order chi connectivity index (χ1) is 12.9. The zero-order valence-corrected chi connectivity index (χ0v) is 16.6. The van der Waals surface area contributed by atoms with Crippen LogP contribution in [-0.4, -0.2) is 52.8 Å². The molecule has 0 unspecified atom stereocenters. The molecule has 0 saturated carbocycles. The normalized spacial score (nSPS) is 14.4. The van der Waals surface area contributed by atoms with E-state index in [1.807, 2.05) is 11.0 Å². The Morgan fingerprint density at radius 2 is 1.52 bits per heavy atom. The molecule has 1 aliphatic heterocycles. The number of amides is 2. The smallest absolute Gasteiger partial charge is 0.272 e. The minimum atomic E-state index is -0.0660. The van der Waals surface area contributed by atoms with E-state index in [9.17, 15) is 9.59 Å². The van der Waals surface area contributed by atoms with E-state index in [4.69, 9.17) is 0 Å². The van der Waals surface area contributed by atoms with Crippen molar-refractivity contribution >= 4 is 11.8 Å². The van der Waals surface area contributed by atoms with Gasteiger partial charge in [-0.25, -0.2) is 0 Å². The maximum Gasteiger partial charge on any atom is 0.272 e. The number of carbonyl (C=O) groups excluding carboxylic acids is 2. The fraction of sp³-hybridized carbons (Fsp3) is 0.409.